The van der Waals surface area contributed by atoms with E-state index in [-0.39, 0.29) is 6.10 Å². The molecule has 1 atom stereocenters. The Hall–Kier alpha value is -1.26. The quantitative estimate of drug-likeness (QED) is 0.859. The number of likely N-dealkylation sites (tertiary alicyclic amines) is 1. The van der Waals surface area contributed by atoms with Gasteiger partial charge in [0, 0.05) is 13.1 Å². The standard InChI is InChI=1S/C14H22N2O2/c1-10(7-15)11-4-5-13(17-3)14(6-11)18-12-8-16(2)9-12/h4-6,10,12H,7-9,15H2,1-3H3. The number of methoxy groups -OCH3 is 1. The SMILES string of the molecule is COc1ccc(C(C)CN)cc1OC1CN(C)C1. The fraction of sp³-hybridized carbons (Fsp3) is 0.571. The number of nitrogens with two attached hydrogens (primary N) is 1. The lowest BCUT2D eigenvalue weighted by Gasteiger charge is -2.36. The Kier molecular flexibility index (Phi) is 4.09. The average molecular weight is 250 g/mol. The molecule has 1 aliphatic heterocycles. The van der Waals surface area contributed by atoms with Gasteiger partial charge in [0.1, 0.15) is 6.10 Å². The molecule has 1 aromatic rings. The number of hydrogen-bond donors (Lipinski definition) is 1. The molecule has 0 amide bonds. The van der Waals surface area contributed by atoms with Gasteiger partial charge in [0.15, 0.2) is 11.5 Å². The van der Waals surface area contributed by atoms with Crippen molar-refractivity contribution in [3.05, 3.63) is 23.8 Å². The molecule has 1 heterocycles. The van der Waals surface area contributed by atoms with Gasteiger partial charge in [-0.05, 0) is 37.2 Å². The van der Waals surface area contributed by atoms with Gasteiger partial charge < -0.3 is 15.2 Å². The number of ether oxygens (including phenoxy) is 2. The summed E-state index contributed by atoms with van der Waals surface area (Å²) in [5.41, 5.74) is 6.90. The summed E-state index contributed by atoms with van der Waals surface area (Å²) in [6, 6.07) is 6.06. The molecule has 2 N–H and O–H groups in total. The van der Waals surface area contributed by atoms with Crippen LogP contribution in [0.1, 0.15) is 18.4 Å². The van der Waals surface area contributed by atoms with Crippen LogP contribution in [0.4, 0.5) is 0 Å². The van der Waals surface area contributed by atoms with Gasteiger partial charge in [0.2, 0.25) is 0 Å². The van der Waals surface area contributed by atoms with Gasteiger partial charge in [-0.2, -0.15) is 0 Å². The Labute approximate surface area is 109 Å². The van der Waals surface area contributed by atoms with Gasteiger partial charge in [-0.15, -0.1) is 0 Å². The van der Waals surface area contributed by atoms with E-state index in [4.69, 9.17) is 15.2 Å². The van der Waals surface area contributed by atoms with Crippen molar-refractivity contribution in [2.24, 2.45) is 5.73 Å². The predicted octanol–water partition coefficient (Wildman–Crippen LogP) is 1.45. The molecular formula is C14H22N2O2. The Morgan fingerprint density at radius 2 is 2.11 bits per heavy atom. The van der Waals surface area contributed by atoms with Crippen LogP contribution in [0.15, 0.2) is 18.2 Å². The highest BCUT2D eigenvalue weighted by Gasteiger charge is 2.26. The minimum absolute atomic E-state index is 0.271. The maximum absolute atomic E-state index is 5.97. The fourth-order valence-corrected chi connectivity index (χ4v) is 2.12. The summed E-state index contributed by atoms with van der Waals surface area (Å²) >= 11 is 0. The number of likely N-dealkylation sites (N-methyl/N-ethyl adjacent to an activating group) is 1. The molecule has 4 heteroatoms. The maximum Gasteiger partial charge on any atom is 0.162 e. The summed E-state index contributed by atoms with van der Waals surface area (Å²) in [5, 5.41) is 0. The molecule has 0 bridgehead atoms. The van der Waals surface area contributed by atoms with Crippen molar-refractivity contribution in [1.29, 1.82) is 0 Å². The first-order valence-electron chi connectivity index (χ1n) is 6.37. The normalized spacial score (nSPS) is 18.2. The third-order valence-electron chi connectivity index (χ3n) is 3.43. The Morgan fingerprint density at radius 1 is 1.39 bits per heavy atom. The zero-order valence-corrected chi connectivity index (χ0v) is 11.3. The second kappa shape index (κ2) is 5.59. The second-order valence-electron chi connectivity index (χ2n) is 5.01. The van der Waals surface area contributed by atoms with E-state index in [1.54, 1.807) is 7.11 Å². The molecule has 100 valence electrons. The third-order valence-corrected chi connectivity index (χ3v) is 3.43. The van der Waals surface area contributed by atoms with E-state index < -0.39 is 0 Å². The van der Waals surface area contributed by atoms with Crippen molar-refractivity contribution < 1.29 is 9.47 Å². The monoisotopic (exact) mass is 250 g/mol. The van der Waals surface area contributed by atoms with Crippen LogP contribution >= 0.6 is 0 Å². The van der Waals surface area contributed by atoms with Crippen LogP contribution < -0.4 is 15.2 Å². The average Bonchev–Trinajstić information content (AvgIpc) is 2.36. The fourth-order valence-electron chi connectivity index (χ4n) is 2.12. The van der Waals surface area contributed by atoms with E-state index in [0.717, 1.165) is 24.6 Å². The summed E-state index contributed by atoms with van der Waals surface area (Å²) in [7, 11) is 3.76. The van der Waals surface area contributed by atoms with Crippen LogP contribution in [0.5, 0.6) is 11.5 Å². The van der Waals surface area contributed by atoms with E-state index >= 15 is 0 Å². The molecule has 1 saturated heterocycles. The highest BCUT2D eigenvalue weighted by molar-refractivity contribution is 5.44. The van der Waals surface area contributed by atoms with Gasteiger partial charge in [-0.3, -0.25) is 4.90 Å². The molecule has 1 unspecified atom stereocenters. The topological polar surface area (TPSA) is 47.7 Å². The van der Waals surface area contributed by atoms with Crippen LogP contribution in [0.2, 0.25) is 0 Å². The van der Waals surface area contributed by atoms with Crippen LogP contribution in [-0.4, -0.2) is 44.8 Å². The van der Waals surface area contributed by atoms with Gasteiger partial charge in [0.25, 0.3) is 0 Å². The predicted molar refractivity (Wildman–Crippen MR) is 72.4 cm³/mol. The van der Waals surface area contributed by atoms with Crippen molar-refractivity contribution in [3.63, 3.8) is 0 Å². The first-order chi connectivity index (χ1) is 8.63. The highest BCUT2D eigenvalue weighted by Crippen LogP contribution is 2.32. The van der Waals surface area contributed by atoms with Crippen molar-refractivity contribution in [3.8, 4) is 11.5 Å². The summed E-state index contributed by atoms with van der Waals surface area (Å²) in [5.74, 6) is 1.95. The van der Waals surface area contributed by atoms with Crippen LogP contribution in [0.3, 0.4) is 0 Å². The summed E-state index contributed by atoms with van der Waals surface area (Å²) in [6.07, 6.45) is 0.271. The number of benzene rings is 1. The molecule has 4 nitrogen and oxygen atoms in total. The van der Waals surface area contributed by atoms with E-state index in [2.05, 4.69) is 31.0 Å². The van der Waals surface area contributed by atoms with E-state index in [0.29, 0.717) is 12.5 Å². The van der Waals surface area contributed by atoms with E-state index in [9.17, 15) is 0 Å². The molecule has 1 aliphatic rings. The molecule has 1 fully saturated rings. The lowest BCUT2D eigenvalue weighted by Crippen LogP contribution is -2.51. The third kappa shape index (κ3) is 2.76. The van der Waals surface area contributed by atoms with Gasteiger partial charge in [0.05, 0.1) is 7.11 Å². The van der Waals surface area contributed by atoms with Crippen LogP contribution in [-0.2, 0) is 0 Å². The molecule has 0 aromatic heterocycles. The summed E-state index contributed by atoms with van der Waals surface area (Å²) in [4.78, 5) is 2.23. The zero-order chi connectivity index (χ0) is 13.1. The molecular weight excluding hydrogens is 228 g/mol. The molecule has 0 spiro atoms. The first kappa shape index (κ1) is 13.2. The summed E-state index contributed by atoms with van der Waals surface area (Å²) < 4.78 is 11.3. The van der Waals surface area contributed by atoms with Crippen molar-refractivity contribution in [2.75, 3.05) is 33.8 Å². The smallest absolute Gasteiger partial charge is 0.162 e. The second-order valence-corrected chi connectivity index (χ2v) is 5.01. The van der Waals surface area contributed by atoms with Gasteiger partial charge in [-0.25, -0.2) is 0 Å². The van der Waals surface area contributed by atoms with Gasteiger partial charge >= 0.3 is 0 Å². The summed E-state index contributed by atoms with van der Waals surface area (Å²) in [6.45, 7) is 4.69. The molecule has 0 saturated carbocycles. The van der Waals surface area contributed by atoms with E-state index in [1.165, 1.54) is 5.56 Å². The highest BCUT2D eigenvalue weighted by atomic mass is 16.5. The number of hydrogen-bond acceptors (Lipinski definition) is 4. The van der Waals surface area contributed by atoms with Crippen LogP contribution in [0.25, 0.3) is 0 Å². The minimum atomic E-state index is 0.271. The lowest BCUT2D eigenvalue weighted by molar-refractivity contribution is 0.0369. The Bertz CT molecular complexity index is 403. The largest absolute Gasteiger partial charge is 0.493 e. The molecule has 0 radical (unpaired) electrons. The molecule has 0 aliphatic carbocycles. The van der Waals surface area contributed by atoms with Crippen molar-refractivity contribution >= 4 is 0 Å². The first-order valence-corrected chi connectivity index (χ1v) is 6.37. The number of nitrogens with zero attached hydrogens (tertiary/aromatic N) is 1. The van der Waals surface area contributed by atoms with Crippen LogP contribution in [0, 0.1) is 0 Å². The maximum atomic E-state index is 5.97. The molecule has 18 heavy (non-hydrogen) atoms. The molecule has 2 rings (SSSR count). The molecule has 1 aromatic carbocycles. The van der Waals surface area contributed by atoms with Crippen molar-refractivity contribution in [1.82, 2.24) is 4.90 Å². The minimum Gasteiger partial charge on any atom is -0.493 e. The zero-order valence-electron chi connectivity index (χ0n) is 11.3. The Balaban J connectivity index is 2.14. The Morgan fingerprint density at radius 3 is 2.67 bits per heavy atom. The lowest BCUT2D eigenvalue weighted by atomic mass is 10.0. The van der Waals surface area contributed by atoms with E-state index in [1.807, 2.05) is 6.07 Å². The van der Waals surface area contributed by atoms with Crippen molar-refractivity contribution in [2.45, 2.75) is 18.9 Å². The van der Waals surface area contributed by atoms with Gasteiger partial charge in [-0.1, -0.05) is 13.0 Å². The number of rotatable bonds is 5.